The zero-order chi connectivity index (χ0) is 16.9. The van der Waals surface area contributed by atoms with E-state index in [0.29, 0.717) is 28.0 Å². The van der Waals surface area contributed by atoms with Gasteiger partial charge in [-0.2, -0.15) is 0 Å². The van der Waals surface area contributed by atoms with Crippen LogP contribution in [0.25, 0.3) is 0 Å². The maximum atomic E-state index is 4.06. The molecule has 0 saturated carbocycles. The van der Waals surface area contributed by atoms with Crippen molar-refractivity contribution >= 4 is 7.85 Å². The summed E-state index contributed by atoms with van der Waals surface area (Å²) in [5, 5.41) is 0.306. The van der Waals surface area contributed by atoms with Gasteiger partial charge in [-0.1, -0.05) is 78.9 Å². The average molecular weight is 290 g/mol. The van der Waals surface area contributed by atoms with Crippen LogP contribution >= 0.6 is 0 Å². The molecule has 0 bridgehead atoms. The van der Waals surface area contributed by atoms with E-state index in [0.717, 1.165) is 6.42 Å². The minimum absolute atomic E-state index is 0.306. The van der Waals surface area contributed by atoms with Gasteiger partial charge in [-0.05, 0) is 41.9 Å². The van der Waals surface area contributed by atoms with Gasteiger partial charge in [-0.25, -0.2) is 0 Å². The van der Waals surface area contributed by atoms with Crippen LogP contribution in [0.3, 0.4) is 0 Å². The van der Waals surface area contributed by atoms with Crippen molar-refractivity contribution in [3.8, 4) is 0 Å². The van der Waals surface area contributed by atoms with E-state index in [-0.39, 0.29) is 0 Å². The molecule has 0 aromatic heterocycles. The Balaban J connectivity index is 4.58. The summed E-state index contributed by atoms with van der Waals surface area (Å²) in [6.45, 7) is 22.8. The zero-order valence-corrected chi connectivity index (χ0v) is 16.2. The first-order chi connectivity index (χ1) is 9.29. The van der Waals surface area contributed by atoms with Crippen LogP contribution < -0.4 is 0 Å². The summed E-state index contributed by atoms with van der Waals surface area (Å²) in [4.78, 5) is 0. The molecule has 0 aliphatic rings. The Morgan fingerprint density at radius 2 is 1.52 bits per heavy atom. The summed E-state index contributed by atoms with van der Waals surface area (Å²) >= 11 is 0. The number of hydrogen-bond acceptors (Lipinski definition) is 0. The van der Waals surface area contributed by atoms with Gasteiger partial charge in [-0.3, -0.25) is 0 Å². The highest BCUT2D eigenvalue weighted by atomic mass is 14.4. The Bertz CT molecular complexity index is 336. The van der Waals surface area contributed by atoms with Crippen LogP contribution in [0, 0.1) is 22.7 Å². The summed E-state index contributed by atoms with van der Waals surface area (Å²) in [5.41, 5.74) is 0.744. The third-order valence-corrected chi connectivity index (χ3v) is 4.86. The first-order valence-electron chi connectivity index (χ1n) is 8.57. The molecule has 21 heavy (non-hydrogen) atoms. The van der Waals surface area contributed by atoms with E-state index in [1.54, 1.807) is 0 Å². The number of allylic oxidation sites excluding steroid dienone is 3. The SMILES string of the molecule is BC(C)(C)C(C=C)CC(C)(C)C(C)C/C=C/CC(C)(C)C. The van der Waals surface area contributed by atoms with E-state index in [9.17, 15) is 0 Å². The molecule has 0 rings (SSSR count). The maximum Gasteiger partial charge on any atom is 0.109 e. The van der Waals surface area contributed by atoms with Crippen molar-refractivity contribution in [2.75, 3.05) is 0 Å². The molecule has 0 aliphatic heterocycles. The number of hydrogen-bond donors (Lipinski definition) is 0. The monoisotopic (exact) mass is 290 g/mol. The smallest absolute Gasteiger partial charge is 0.103 e. The van der Waals surface area contributed by atoms with Gasteiger partial charge < -0.3 is 0 Å². The third kappa shape index (κ3) is 8.54. The molecular formula is C20H39B. The molecule has 0 fully saturated rings. The lowest BCUT2D eigenvalue weighted by molar-refractivity contribution is 0.176. The fourth-order valence-corrected chi connectivity index (χ4v) is 2.57. The summed E-state index contributed by atoms with van der Waals surface area (Å²) in [6, 6.07) is 0. The van der Waals surface area contributed by atoms with Gasteiger partial charge in [0.15, 0.2) is 0 Å². The van der Waals surface area contributed by atoms with Crippen LogP contribution in [-0.4, -0.2) is 7.85 Å². The lowest BCUT2D eigenvalue weighted by Gasteiger charge is -2.39. The molecule has 122 valence electrons. The maximum absolute atomic E-state index is 4.06. The lowest BCUT2D eigenvalue weighted by atomic mass is 9.58. The topological polar surface area (TPSA) is 0 Å². The van der Waals surface area contributed by atoms with Crippen molar-refractivity contribution in [2.24, 2.45) is 22.7 Å². The highest BCUT2D eigenvalue weighted by Crippen LogP contribution is 2.43. The molecular weight excluding hydrogens is 251 g/mol. The normalized spacial score (nSPS) is 17.0. The zero-order valence-electron chi connectivity index (χ0n) is 16.2. The Morgan fingerprint density at radius 1 is 1.00 bits per heavy atom. The minimum Gasteiger partial charge on any atom is -0.103 e. The van der Waals surface area contributed by atoms with E-state index >= 15 is 0 Å². The van der Waals surface area contributed by atoms with Crippen molar-refractivity contribution in [1.29, 1.82) is 0 Å². The summed E-state index contributed by atoms with van der Waals surface area (Å²) in [5.74, 6) is 1.27. The highest BCUT2D eigenvalue weighted by Gasteiger charge is 2.32. The Morgan fingerprint density at radius 3 is 1.90 bits per heavy atom. The fraction of sp³-hybridized carbons (Fsp3) is 0.800. The van der Waals surface area contributed by atoms with E-state index in [4.69, 9.17) is 0 Å². The van der Waals surface area contributed by atoms with Gasteiger partial charge in [0.25, 0.3) is 0 Å². The van der Waals surface area contributed by atoms with Crippen molar-refractivity contribution in [2.45, 2.75) is 80.0 Å². The highest BCUT2D eigenvalue weighted by molar-refractivity contribution is 6.14. The lowest BCUT2D eigenvalue weighted by Crippen LogP contribution is -2.28. The molecule has 0 heterocycles. The van der Waals surface area contributed by atoms with E-state index in [2.05, 4.69) is 88.0 Å². The van der Waals surface area contributed by atoms with Crippen LogP contribution in [0.15, 0.2) is 24.8 Å². The Labute approximate surface area is 135 Å². The van der Waals surface area contributed by atoms with Crippen molar-refractivity contribution in [1.82, 2.24) is 0 Å². The molecule has 0 radical (unpaired) electrons. The molecule has 2 unspecified atom stereocenters. The van der Waals surface area contributed by atoms with Crippen molar-refractivity contribution in [3.05, 3.63) is 24.8 Å². The largest absolute Gasteiger partial charge is 0.109 e. The van der Waals surface area contributed by atoms with Gasteiger partial charge in [0.1, 0.15) is 7.85 Å². The number of rotatable bonds is 8. The van der Waals surface area contributed by atoms with Gasteiger partial charge in [0, 0.05) is 0 Å². The van der Waals surface area contributed by atoms with Crippen molar-refractivity contribution in [3.63, 3.8) is 0 Å². The van der Waals surface area contributed by atoms with Gasteiger partial charge >= 0.3 is 0 Å². The molecule has 1 heteroatoms. The molecule has 0 saturated heterocycles. The van der Waals surface area contributed by atoms with Crippen molar-refractivity contribution < 1.29 is 0 Å². The first-order valence-corrected chi connectivity index (χ1v) is 8.57. The predicted molar refractivity (Wildman–Crippen MR) is 102 cm³/mol. The van der Waals surface area contributed by atoms with E-state index in [1.807, 2.05) is 0 Å². The summed E-state index contributed by atoms with van der Waals surface area (Å²) in [7, 11) is 2.32. The van der Waals surface area contributed by atoms with Gasteiger partial charge in [-0.15, -0.1) is 6.58 Å². The molecule has 2 atom stereocenters. The molecule has 0 N–H and O–H groups in total. The second-order valence-electron chi connectivity index (χ2n) is 9.77. The van der Waals surface area contributed by atoms with Crippen LogP contribution in [-0.2, 0) is 0 Å². The molecule has 0 nitrogen and oxygen atoms in total. The molecule has 0 aromatic rings. The van der Waals surface area contributed by atoms with Crippen LogP contribution in [0.1, 0.15) is 74.7 Å². The Hall–Kier alpha value is -0.455. The van der Waals surface area contributed by atoms with Gasteiger partial charge in [0.05, 0.1) is 0 Å². The quantitative estimate of drug-likeness (QED) is 0.377. The second-order valence-corrected chi connectivity index (χ2v) is 9.77. The fourth-order valence-electron chi connectivity index (χ4n) is 2.57. The summed E-state index contributed by atoms with van der Waals surface area (Å²) < 4.78 is 0. The molecule has 0 aliphatic carbocycles. The average Bonchev–Trinajstić information content (AvgIpc) is 2.28. The van der Waals surface area contributed by atoms with E-state index in [1.165, 1.54) is 12.8 Å². The third-order valence-electron chi connectivity index (χ3n) is 4.86. The van der Waals surface area contributed by atoms with Crippen LogP contribution in [0.5, 0.6) is 0 Å². The van der Waals surface area contributed by atoms with Crippen LogP contribution in [0.4, 0.5) is 0 Å². The molecule has 0 amide bonds. The van der Waals surface area contributed by atoms with Crippen LogP contribution in [0.2, 0.25) is 5.31 Å². The van der Waals surface area contributed by atoms with Gasteiger partial charge in [0.2, 0.25) is 0 Å². The Kier molecular flexibility index (Phi) is 7.53. The minimum atomic E-state index is 0.306. The first kappa shape index (κ1) is 20.5. The molecule has 0 spiro atoms. The standard InChI is InChI=1S/C20H39B/c1-10-17(20(8,9)21)15-19(6,7)16(2)13-11-12-14-18(3,4)5/h10-12,16-17H,1,13-15,21H2,2-9H3/b12-11+. The summed E-state index contributed by atoms with van der Waals surface area (Å²) in [6.07, 6.45) is 10.5. The molecule has 0 aromatic carbocycles. The van der Waals surface area contributed by atoms with E-state index < -0.39 is 0 Å². The predicted octanol–water partition coefficient (Wildman–Crippen LogP) is 6.06. The second kappa shape index (κ2) is 7.70.